The molecule has 9 heteroatoms. The molecular weight excluding hydrogens is 520 g/mol. The second kappa shape index (κ2) is 12.3. The number of ether oxygens (including phenoxy) is 2. The van der Waals surface area contributed by atoms with Gasteiger partial charge in [-0.2, -0.15) is 5.26 Å². The number of nitrogens with one attached hydrogen (secondary N) is 1. The van der Waals surface area contributed by atoms with Crippen molar-refractivity contribution in [3.8, 4) is 17.6 Å². The average Bonchev–Trinajstić information content (AvgIpc) is 3.33. The largest absolute Gasteiger partial charge is 0.493 e. The molecule has 9 nitrogen and oxygen atoms in total. The molecule has 1 N–H and O–H groups in total. The molecule has 0 bridgehead atoms. The Morgan fingerprint density at radius 1 is 1.02 bits per heavy atom. The van der Waals surface area contributed by atoms with Crippen LogP contribution in [0.4, 0.5) is 0 Å². The quantitative estimate of drug-likeness (QED) is 0.349. The zero-order chi connectivity index (χ0) is 29.0. The number of carbonyl (C=O) groups is 3. The normalized spacial score (nSPS) is 20.4. The molecule has 3 amide bonds. The topological polar surface area (TPSA) is 112 Å². The van der Waals surface area contributed by atoms with Crippen molar-refractivity contribution in [3.05, 3.63) is 58.7 Å². The lowest BCUT2D eigenvalue weighted by Gasteiger charge is -2.37. The number of benzene rings is 2. The van der Waals surface area contributed by atoms with Crippen LogP contribution in [0.1, 0.15) is 72.0 Å². The zero-order valence-corrected chi connectivity index (χ0v) is 23.9. The Morgan fingerprint density at radius 3 is 2.51 bits per heavy atom. The van der Waals surface area contributed by atoms with Gasteiger partial charge in [0.25, 0.3) is 5.91 Å². The summed E-state index contributed by atoms with van der Waals surface area (Å²) in [5.41, 5.74) is 3.33. The number of hydrogen-bond donors (Lipinski definition) is 1. The van der Waals surface area contributed by atoms with Gasteiger partial charge in [-0.25, -0.2) is 0 Å². The lowest BCUT2D eigenvalue weighted by Crippen LogP contribution is -2.52. The first-order chi connectivity index (χ1) is 19.9. The summed E-state index contributed by atoms with van der Waals surface area (Å²) in [6.07, 6.45) is 6.26. The van der Waals surface area contributed by atoms with Gasteiger partial charge in [0.15, 0.2) is 11.5 Å². The lowest BCUT2D eigenvalue weighted by atomic mass is 9.74. The molecule has 1 unspecified atom stereocenters. The summed E-state index contributed by atoms with van der Waals surface area (Å²) in [4.78, 5) is 41.1. The number of hydrogen-bond acceptors (Lipinski definition) is 7. The predicted octanol–water partition coefficient (Wildman–Crippen LogP) is 3.73. The van der Waals surface area contributed by atoms with E-state index in [2.05, 4.69) is 22.4 Å². The molecule has 3 heterocycles. The minimum atomic E-state index is -0.587. The van der Waals surface area contributed by atoms with Gasteiger partial charge in [0.1, 0.15) is 6.04 Å². The van der Waals surface area contributed by atoms with E-state index in [9.17, 15) is 19.6 Å². The van der Waals surface area contributed by atoms with E-state index in [-0.39, 0.29) is 24.1 Å². The van der Waals surface area contributed by atoms with Crippen LogP contribution in [0.2, 0.25) is 0 Å². The molecule has 2 fully saturated rings. The Kier molecular flexibility index (Phi) is 8.60. The summed E-state index contributed by atoms with van der Waals surface area (Å²) in [7, 11) is 3.23. The maximum absolute atomic E-state index is 13.1. The van der Waals surface area contributed by atoms with Crippen LogP contribution in [0.25, 0.3) is 0 Å². The molecule has 0 aromatic heterocycles. The summed E-state index contributed by atoms with van der Waals surface area (Å²) >= 11 is 0. The highest BCUT2D eigenvalue weighted by molar-refractivity contribution is 6.05. The third-order valence-corrected chi connectivity index (χ3v) is 8.96. The van der Waals surface area contributed by atoms with Crippen LogP contribution in [0.15, 0.2) is 36.4 Å². The van der Waals surface area contributed by atoms with Crippen molar-refractivity contribution >= 4 is 17.7 Å². The molecule has 2 aromatic carbocycles. The highest BCUT2D eigenvalue weighted by Crippen LogP contribution is 2.39. The van der Waals surface area contributed by atoms with Gasteiger partial charge in [-0.15, -0.1) is 0 Å². The first-order valence-electron chi connectivity index (χ1n) is 14.5. The molecule has 5 rings (SSSR count). The van der Waals surface area contributed by atoms with E-state index in [1.54, 1.807) is 19.1 Å². The van der Waals surface area contributed by atoms with E-state index in [0.29, 0.717) is 30.0 Å². The Labute approximate surface area is 241 Å². The summed E-state index contributed by atoms with van der Waals surface area (Å²) in [6.45, 7) is 3.19. The number of piperidine rings is 2. The third kappa shape index (κ3) is 5.80. The second-order valence-corrected chi connectivity index (χ2v) is 11.3. The van der Waals surface area contributed by atoms with Crippen LogP contribution in [-0.2, 0) is 28.0 Å². The van der Waals surface area contributed by atoms with Crippen LogP contribution in [0.5, 0.6) is 11.5 Å². The Morgan fingerprint density at radius 2 is 1.80 bits per heavy atom. The number of nitrogens with zero attached hydrogens (tertiary/aromatic N) is 3. The Hall–Kier alpha value is -3.90. The molecule has 3 aliphatic heterocycles. The highest BCUT2D eigenvalue weighted by atomic mass is 16.5. The van der Waals surface area contributed by atoms with Gasteiger partial charge >= 0.3 is 0 Å². The van der Waals surface area contributed by atoms with Crippen molar-refractivity contribution in [2.24, 2.45) is 0 Å². The van der Waals surface area contributed by atoms with Crippen LogP contribution >= 0.6 is 0 Å². The maximum atomic E-state index is 13.1. The standard InChI is InChI=1S/C32H38N4O5/c1-40-27-12-10-23(19-28(27)41-2)32(21-33)14-17-35(18-15-32)16-5-3-4-7-22-8-6-9-24-25(22)20-36(31(24)39)26-11-13-29(37)34-30(26)38/h6,8-10,12,19,26H,3-5,7,11,13-18,20H2,1-2H3,(H,34,37,38). The number of fused-ring (bicyclic) bond motifs is 1. The average molecular weight is 559 g/mol. The number of likely N-dealkylation sites (tertiary alicyclic amines) is 1. The second-order valence-electron chi connectivity index (χ2n) is 11.3. The minimum absolute atomic E-state index is 0.122. The summed E-state index contributed by atoms with van der Waals surface area (Å²) in [5.74, 6) is 0.544. The molecule has 0 saturated carbocycles. The van der Waals surface area contributed by atoms with E-state index in [0.717, 1.165) is 74.8 Å². The SMILES string of the molecule is COc1ccc(C2(C#N)CCN(CCCCCc3cccc4c3CN(C3CCC(=O)NC3=O)C4=O)CC2)cc1OC. The van der Waals surface area contributed by atoms with E-state index in [1.807, 2.05) is 30.3 Å². The van der Waals surface area contributed by atoms with Gasteiger partial charge in [-0.05, 0) is 93.0 Å². The number of imide groups is 1. The van der Waals surface area contributed by atoms with Crippen LogP contribution in [-0.4, -0.2) is 67.4 Å². The van der Waals surface area contributed by atoms with E-state index in [1.165, 1.54) is 0 Å². The van der Waals surface area contributed by atoms with Crippen molar-refractivity contribution in [3.63, 3.8) is 0 Å². The minimum Gasteiger partial charge on any atom is -0.493 e. The summed E-state index contributed by atoms with van der Waals surface area (Å²) < 4.78 is 10.8. The van der Waals surface area contributed by atoms with Gasteiger partial charge in [0.2, 0.25) is 11.8 Å². The lowest BCUT2D eigenvalue weighted by molar-refractivity contribution is -0.136. The smallest absolute Gasteiger partial charge is 0.255 e. The number of unbranched alkanes of at least 4 members (excludes halogenated alkanes) is 2. The molecule has 41 heavy (non-hydrogen) atoms. The van der Waals surface area contributed by atoms with Crippen molar-refractivity contribution in [1.29, 1.82) is 5.26 Å². The van der Waals surface area contributed by atoms with Gasteiger partial charge in [0, 0.05) is 18.5 Å². The Balaban J connectivity index is 1.09. The fourth-order valence-corrected chi connectivity index (χ4v) is 6.47. The van der Waals surface area contributed by atoms with Crippen molar-refractivity contribution < 1.29 is 23.9 Å². The third-order valence-electron chi connectivity index (χ3n) is 8.96. The summed E-state index contributed by atoms with van der Waals surface area (Å²) in [6, 6.07) is 13.7. The van der Waals surface area contributed by atoms with Crippen molar-refractivity contribution in [2.75, 3.05) is 33.9 Å². The van der Waals surface area contributed by atoms with Crippen molar-refractivity contribution in [1.82, 2.24) is 15.1 Å². The molecule has 1 atom stereocenters. The Bertz CT molecular complexity index is 1360. The molecule has 216 valence electrons. The first kappa shape index (κ1) is 28.6. The maximum Gasteiger partial charge on any atom is 0.255 e. The molecule has 0 radical (unpaired) electrons. The van der Waals surface area contributed by atoms with Crippen LogP contribution in [0, 0.1) is 11.3 Å². The van der Waals surface area contributed by atoms with Crippen LogP contribution in [0.3, 0.4) is 0 Å². The van der Waals surface area contributed by atoms with Gasteiger partial charge < -0.3 is 19.3 Å². The molecular formula is C32H38N4O5. The number of methoxy groups -OCH3 is 2. The number of aryl methyl sites for hydroxylation is 1. The van der Waals surface area contributed by atoms with Gasteiger partial charge in [-0.1, -0.05) is 24.6 Å². The number of nitriles is 1. The fraction of sp³-hybridized carbons (Fsp3) is 0.500. The number of amides is 3. The monoisotopic (exact) mass is 558 g/mol. The predicted molar refractivity (Wildman–Crippen MR) is 153 cm³/mol. The molecule has 2 saturated heterocycles. The number of carbonyl (C=O) groups excluding carboxylic acids is 3. The molecule has 3 aliphatic rings. The van der Waals surface area contributed by atoms with E-state index < -0.39 is 11.5 Å². The van der Waals surface area contributed by atoms with Crippen LogP contribution < -0.4 is 14.8 Å². The molecule has 0 aliphatic carbocycles. The zero-order valence-electron chi connectivity index (χ0n) is 23.9. The number of rotatable bonds is 10. The molecule has 0 spiro atoms. The van der Waals surface area contributed by atoms with Gasteiger partial charge in [0.05, 0.1) is 25.7 Å². The summed E-state index contributed by atoms with van der Waals surface area (Å²) in [5, 5.41) is 12.5. The van der Waals surface area contributed by atoms with E-state index in [4.69, 9.17) is 9.47 Å². The molecule has 2 aromatic rings. The van der Waals surface area contributed by atoms with Crippen molar-refractivity contribution in [2.45, 2.75) is 69.4 Å². The fourth-order valence-electron chi connectivity index (χ4n) is 6.47. The van der Waals surface area contributed by atoms with Gasteiger partial charge in [-0.3, -0.25) is 19.7 Å². The first-order valence-corrected chi connectivity index (χ1v) is 14.5. The van der Waals surface area contributed by atoms with E-state index >= 15 is 0 Å². The highest BCUT2D eigenvalue weighted by Gasteiger charge is 2.40.